The fourth-order valence-electron chi connectivity index (χ4n) is 5.99. The van der Waals surface area contributed by atoms with Crippen LogP contribution in [0.15, 0.2) is 48.8 Å². The molecular weight excluding hydrogens is 604 g/mol. The number of phosphoric acid groups is 1. The average Bonchev–Trinajstić information content (AvgIpc) is 3.33. The van der Waals surface area contributed by atoms with E-state index in [1.54, 1.807) is 0 Å². The number of benzene rings is 2. The van der Waals surface area contributed by atoms with Crippen molar-refractivity contribution in [2.24, 2.45) is 5.41 Å². The zero-order valence-corrected chi connectivity index (χ0v) is 22.2. The fourth-order valence-corrected chi connectivity index (χ4v) is 6.18. The number of halogens is 7. The van der Waals surface area contributed by atoms with Crippen molar-refractivity contribution in [2.75, 3.05) is 13.4 Å². The molecule has 42 heavy (non-hydrogen) atoms. The van der Waals surface area contributed by atoms with E-state index in [2.05, 4.69) is 20.0 Å². The first-order chi connectivity index (χ1) is 19.5. The minimum absolute atomic E-state index is 0.0617. The van der Waals surface area contributed by atoms with Gasteiger partial charge in [0.2, 0.25) is 0 Å². The molecule has 2 aromatic carbocycles. The predicted octanol–water partition coefficient (Wildman–Crippen LogP) is 4.63. The van der Waals surface area contributed by atoms with Gasteiger partial charge < -0.3 is 19.3 Å². The molecule has 0 unspecified atom stereocenters. The third-order valence-corrected chi connectivity index (χ3v) is 8.18. The first-order valence-electron chi connectivity index (χ1n) is 12.2. The second-order valence-electron chi connectivity index (χ2n) is 10.4. The Labute approximate surface area is 232 Å². The number of alkyl halides is 5. The van der Waals surface area contributed by atoms with Crippen molar-refractivity contribution in [3.8, 4) is 5.75 Å². The van der Waals surface area contributed by atoms with Gasteiger partial charge in [0.05, 0.1) is 6.54 Å². The van der Waals surface area contributed by atoms with Crippen molar-refractivity contribution in [2.45, 2.75) is 48.9 Å². The van der Waals surface area contributed by atoms with E-state index in [0.717, 1.165) is 23.1 Å². The second kappa shape index (κ2) is 10.3. The van der Waals surface area contributed by atoms with Crippen LogP contribution in [0.25, 0.3) is 0 Å². The molecule has 2 bridgehead atoms. The lowest BCUT2D eigenvalue weighted by atomic mass is 9.30. The predicted molar refractivity (Wildman–Crippen MR) is 126 cm³/mol. The van der Waals surface area contributed by atoms with Crippen LogP contribution < -0.4 is 4.74 Å². The summed E-state index contributed by atoms with van der Waals surface area (Å²) in [7, 11) is -5.22. The molecule has 1 heterocycles. The molecule has 0 aliphatic heterocycles. The van der Waals surface area contributed by atoms with E-state index in [1.807, 2.05) is 0 Å². The standard InChI is InChI=1S/C24H22F7N4O6P/c25-16-3-6-18(19(26)7-16)22(11-35-13-32-33-34-35,40-14-41-42(36,37)38)24(30,31)21-8-20(9-21,10-21)15-1-4-17(5-2-15)39-12-23(27,28)29/h1-7,13H,8-12,14H2,(H2,36,37,38)/t20?,21?,22-/m1/s1. The summed E-state index contributed by atoms with van der Waals surface area (Å²) in [5.74, 6) is -6.56. The molecule has 6 rings (SSSR count). The van der Waals surface area contributed by atoms with Crippen LogP contribution in [0.5, 0.6) is 5.75 Å². The third kappa shape index (κ3) is 5.39. The SMILES string of the molecule is O=P(O)(O)OCO[C@](Cn1cnnn1)(c1ccc(F)cc1F)C(F)(F)C12CC(c3ccc(OCC(F)(F)F)cc3)(C1)C2. The lowest BCUT2D eigenvalue weighted by Gasteiger charge is -2.74. The molecule has 3 aromatic rings. The maximum Gasteiger partial charge on any atom is 0.471 e. The molecule has 228 valence electrons. The Bertz CT molecular complexity index is 1470. The van der Waals surface area contributed by atoms with Gasteiger partial charge in [-0.3, -0.25) is 4.52 Å². The number of tetrazole rings is 1. The van der Waals surface area contributed by atoms with E-state index in [0.29, 0.717) is 11.6 Å². The molecular formula is C24H22F7N4O6P. The molecule has 10 nitrogen and oxygen atoms in total. The Morgan fingerprint density at radius 3 is 2.21 bits per heavy atom. The van der Waals surface area contributed by atoms with Gasteiger partial charge in [-0.15, -0.1) is 5.10 Å². The Balaban J connectivity index is 1.47. The first-order valence-corrected chi connectivity index (χ1v) is 13.7. The molecule has 0 radical (unpaired) electrons. The van der Waals surface area contributed by atoms with E-state index >= 15 is 13.2 Å². The van der Waals surface area contributed by atoms with Crippen molar-refractivity contribution in [1.29, 1.82) is 0 Å². The molecule has 1 aromatic heterocycles. The highest BCUT2D eigenvalue weighted by Crippen LogP contribution is 2.80. The van der Waals surface area contributed by atoms with E-state index in [4.69, 9.17) is 19.3 Å². The summed E-state index contributed by atoms with van der Waals surface area (Å²) in [4.78, 5) is 18.2. The summed E-state index contributed by atoms with van der Waals surface area (Å²) in [6.45, 7) is -3.86. The van der Waals surface area contributed by atoms with E-state index in [1.165, 1.54) is 24.3 Å². The molecule has 3 fully saturated rings. The quantitative estimate of drug-likeness (QED) is 0.168. The topological polar surface area (TPSA) is 129 Å². The molecule has 0 amide bonds. The summed E-state index contributed by atoms with van der Waals surface area (Å²) in [5.41, 5.74) is -5.89. The van der Waals surface area contributed by atoms with Crippen LogP contribution >= 0.6 is 7.82 Å². The van der Waals surface area contributed by atoms with Crippen LogP contribution in [0.3, 0.4) is 0 Å². The van der Waals surface area contributed by atoms with E-state index < -0.39 is 73.5 Å². The van der Waals surface area contributed by atoms with Crippen molar-refractivity contribution < 1.29 is 59.1 Å². The van der Waals surface area contributed by atoms with Crippen molar-refractivity contribution in [1.82, 2.24) is 20.2 Å². The first kappa shape index (κ1) is 30.4. The summed E-state index contributed by atoms with van der Waals surface area (Å²) in [6, 6.07) is 7.37. The van der Waals surface area contributed by atoms with Crippen molar-refractivity contribution >= 4 is 7.82 Å². The fraction of sp³-hybridized carbons (Fsp3) is 0.458. The number of ether oxygens (including phenoxy) is 2. The van der Waals surface area contributed by atoms with Crippen LogP contribution in [0.4, 0.5) is 30.7 Å². The smallest absolute Gasteiger partial charge is 0.471 e. The molecule has 3 aliphatic carbocycles. The van der Waals surface area contributed by atoms with Crippen LogP contribution in [-0.4, -0.2) is 55.5 Å². The highest BCUT2D eigenvalue weighted by molar-refractivity contribution is 7.46. The van der Waals surface area contributed by atoms with Gasteiger partial charge in [0, 0.05) is 17.0 Å². The van der Waals surface area contributed by atoms with Gasteiger partial charge in [-0.2, -0.15) is 13.2 Å². The summed E-state index contributed by atoms with van der Waals surface area (Å²) < 4.78 is 127. The lowest BCUT2D eigenvalue weighted by Crippen LogP contribution is -2.76. The van der Waals surface area contributed by atoms with Crippen LogP contribution in [0.2, 0.25) is 0 Å². The van der Waals surface area contributed by atoms with Gasteiger partial charge in [0.25, 0.3) is 5.92 Å². The molecule has 0 spiro atoms. The number of hydrogen-bond donors (Lipinski definition) is 2. The number of hydrogen-bond acceptors (Lipinski definition) is 7. The molecule has 2 N–H and O–H groups in total. The molecule has 1 atom stereocenters. The minimum atomic E-state index is -5.22. The van der Waals surface area contributed by atoms with Crippen LogP contribution in [0.1, 0.15) is 30.4 Å². The summed E-state index contributed by atoms with van der Waals surface area (Å²) in [6.07, 6.45) is -4.07. The number of phosphoric ester groups is 1. The summed E-state index contributed by atoms with van der Waals surface area (Å²) >= 11 is 0. The molecule has 3 aliphatic rings. The van der Waals surface area contributed by atoms with Gasteiger partial charge in [-0.1, -0.05) is 12.1 Å². The average molecular weight is 626 g/mol. The maximum atomic E-state index is 16.9. The van der Waals surface area contributed by atoms with Crippen molar-refractivity contribution in [3.63, 3.8) is 0 Å². The largest absolute Gasteiger partial charge is 0.484 e. The highest BCUT2D eigenvalue weighted by Gasteiger charge is 2.82. The van der Waals surface area contributed by atoms with Crippen LogP contribution in [-0.2, 0) is 31.4 Å². The van der Waals surface area contributed by atoms with Gasteiger partial charge in [0.1, 0.15) is 23.7 Å². The maximum absolute atomic E-state index is 16.9. The third-order valence-electron chi connectivity index (χ3n) is 7.74. The molecule has 3 saturated carbocycles. The van der Waals surface area contributed by atoms with E-state index in [9.17, 15) is 22.1 Å². The number of aromatic nitrogens is 4. The van der Waals surface area contributed by atoms with Gasteiger partial charge >= 0.3 is 14.0 Å². The Kier molecular flexibility index (Phi) is 7.41. The Morgan fingerprint density at radius 1 is 1.00 bits per heavy atom. The number of nitrogens with zero attached hydrogens (tertiary/aromatic N) is 4. The monoisotopic (exact) mass is 626 g/mol. The Morgan fingerprint density at radius 2 is 1.67 bits per heavy atom. The number of rotatable bonds is 12. The van der Waals surface area contributed by atoms with Gasteiger partial charge in [-0.25, -0.2) is 26.8 Å². The van der Waals surface area contributed by atoms with Gasteiger partial charge in [0.15, 0.2) is 19.0 Å². The zero-order valence-electron chi connectivity index (χ0n) is 21.3. The van der Waals surface area contributed by atoms with Crippen molar-refractivity contribution in [3.05, 3.63) is 71.6 Å². The molecule has 18 heteroatoms. The zero-order chi connectivity index (χ0) is 30.6. The Hall–Kier alpha value is -3.11. The normalized spacial score (nSPS) is 23.5. The highest BCUT2D eigenvalue weighted by atomic mass is 31.2. The van der Waals surface area contributed by atoms with Gasteiger partial charge in [-0.05, 0) is 64.9 Å². The van der Waals surface area contributed by atoms with E-state index in [-0.39, 0.29) is 25.0 Å². The minimum Gasteiger partial charge on any atom is -0.484 e. The summed E-state index contributed by atoms with van der Waals surface area (Å²) in [5, 5.41) is 10.3. The molecule has 0 saturated heterocycles. The lowest BCUT2D eigenvalue weighted by molar-refractivity contribution is -0.363. The van der Waals surface area contributed by atoms with Crippen LogP contribution in [0, 0.1) is 17.0 Å². The second-order valence-corrected chi connectivity index (χ2v) is 11.7.